The standard InChI is InChI=1S/C15H24O2/c1-9(2)11-5-7-15(4)8-6-12(16)10(3)13(15)14(11)17/h9,11,14,17H,5-8H2,1-4H3. The Balaban J connectivity index is 2.42. The van der Waals surface area contributed by atoms with Crippen LogP contribution in [0, 0.1) is 17.3 Å². The SMILES string of the molecule is CC1=C2C(O)C(C(C)C)CCC2(C)CCC1=O. The van der Waals surface area contributed by atoms with Gasteiger partial charge in [0, 0.05) is 6.42 Å². The highest BCUT2D eigenvalue weighted by molar-refractivity contribution is 5.97. The maximum absolute atomic E-state index is 11.8. The number of allylic oxidation sites excluding steroid dienone is 1. The van der Waals surface area contributed by atoms with Gasteiger partial charge in [0.15, 0.2) is 5.78 Å². The Bertz CT molecular complexity index is 367. The lowest BCUT2D eigenvalue weighted by Gasteiger charge is -2.47. The second kappa shape index (κ2) is 4.24. The van der Waals surface area contributed by atoms with Crippen LogP contribution in [0.3, 0.4) is 0 Å². The van der Waals surface area contributed by atoms with Gasteiger partial charge in [0.2, 0.25) is 0 Å². The summed E-state index contributed by atoms with van der Waals surface area (Å²) in [6.45, 7) is 8.45. The summed E-state index contributed by atoms with van der Waals surface area (Å²) in [5, 5.41) is 10.6. The van der Waals surface area contributed by atoms with Crippen molar-refractivity contribution in [3.8, 4) is 0 Å². The minimum Gasteiger partial charge on any atom is -0.388 e. The molecule has 2 aliphatic rings. The van der Waals surface area contributed by atoms with Crippen molar-refractivity contribution in [2.45, 2.75) is 59.5 Å². The molecule has 0 heterocycles. The zero-order valence-corrected chi connectivity index (χ0v) is 11.4. The number of aliphatic hydroxyl groups excluding tert-OH is 1. The molecule has 1 saturated carbocycles. The molecule has 2 heteroatoms. The van der Waals surface area contributed by atoms with Gasteiger partial charge in [-0.1, -0.05) is 20.8 Å². The summed E-state index contributed by atoms with van der Waals surface area (Å²) < 4.78 is 0. The molecule has 0 aromatic rings. The molecular formula is C15H24O2. The summed E-state index contributed by atoms with van der Waals surface area (Å²) in [7, 11) is 0. The van der Waals surface area contributed by atoms with Crippen LogP contribution in [-0.4, -0.2) is 17.0 Å². The van der Waals surface area contributed by atoms with Gasteiger partial charge in [-0.3, -0.25) is 4.79 Å². The van der Waals surface area contributed by atoms with Crippen molar-refractivity contribution < 1.29 is 9.90 Å². The largest absolute Gasteiger partial charge is 0.388 e. The van der Waals surface area contributed by atoms with E-state index in [0.29, 0.717) is 18.3 Å². The lowest BCUT2D eigenvalue weighted by Crippen LogP contribution is -2.43. The molecule has 1 N–H and O–H groups in total. The van der Waals surface area contributed by atoms with Gasteiger partial charge in [0.1, 0.15) is 0 Å². The van der Waals surface area contributed by atoms with Crippen molar-refractivity contribution >= 4 is 5.78 Å². The van der Waals surface area contributed by atoms with Gasteiger partial charge in [-0.25, -0.2) is 0 Å². The van der Waals surface area contributed by atoms with E-state index in [-0.39, 0.29) is 11.2 Å². The second-order valence-electron chi connectivity index (χ2n) is 6.41. The predicted octanol–water partition coefficient (Wildman–Crippen LogP) is 3.10. The topological polar surface area (TPSA) is 37.3 Å². The Hall–Kier alpha value is -0.630. The zero-order valence-electron chi connectivity index (χ0n) is 11.4. The molecule has 0 bridgehead atoms. The van der Waals surface area contributed by atoms with E-state index in [1.165, 1.54) is 0 Å². The summed E-state index contributed by atoms with van der Waals surface area (Å²) >= 11 is 0. The molecule has 0 aliphatic heterocycles. The van der Waals surface area contributed by atoms with E-state index in [4.69, 9.17) is 0 Å². The predicted molar refractivity (Wildman–Crippen MR) is 68.6 cm³/mol. The Morgan fingerprint density at radius 1 is 1.35 bits per heavy atom. The molecule has 2 aliphatic carbocycles. The van der Waals surface area contributed by atoms with E-state index in [9.17, 15) is 9.90 Å². The normalized spacial score (nSPS) is 38.6. The molecule has 1 fully saturated rings. The van der Waals surface area contributed by atoms with E-state index < -0.39 is 6.10 Å². The summed E-state index contributed by atoms with van der Waals surface area (Å²) in [6.07, 6.45) is 3.37. The van der Waals surface area contributed by atoms with Crippen LogP contribution < -0.4 is 0 Å². The number of Topliss-reactive ketones (excluding diaryl/α,β-unsaturated/α-hetero) is 1. The molecule has 0 amide bonds. The van der Waals surface area contributed by atoms with Crippen molar-refractivity contribution in [2.24, 2.45) is 17.3 Å². The van der Waals surface area contributed by atoms with E-state index >= 15 is 0 Å². The molecule has 3 unspecified atom stereocenters. The zero-order chi connectivity index (χ0) is 12.8. The molecule has 0 saturated heterocycles. The fraction of sp³-hybridized carbons (Fsp3) is 0.800. The number of carbonyl (C=O) groups is 1. The monoisotopic (exact) mass is 236 g/mol. The van der Waals surface area contributed by atoms with Gasteiger partial charge < -0.3 is 5.11 Å². The highest BCUT2D eigenvalue weighted by Crippen LogP contribution is 2.51. The molecular weight excluding hydrogens is 212 g/mol. The maximum atomic E-state index is 11.8. The first-order valence-electron chi connectivity index (χ1n) is 6.79. The third kappa shape index (κ3) is 1.97. The smallest absolute Gasteiger partial charge is 0.158 e. The summed E-state index contributed by atoms with van der Waals surface area (Å²) in [5.74, 6) is 1.03. The van der Waals surface area contributed by atoms with Crippen LogP contribution in [0.25, 0.3) is 0 Å². The van der Waals surface area contributed by atoms with E-state index in [1.54, 1.807) is 0 Å². The van der Waals surface area contributed by atoms with Crippen LogP contribution in [0.15, 0.2) is 11.1 Å². The summed E-state index contributed by atoms with van der Waals surface area (Å²) in [6, 6.07) is 0. The molecule has 2 rings (SSSR count). The minimum absolute atomic E-state index is 0.0722. The molecule has 3 atom stereocenters. The lowest BCUT2D eigenvalue weighted by atomic mass is 9.59. The van der Waals surface area contributed by atoms with E-state index in [0.717, 1.165) is 30.4 Å². The average molecular weight is 236 g/mol. The van der Waals surface area contributed by atoms with Crippen LogP contribution in [0.4, 0.5) is 0 Å². The van der Waals surface area contributed by atoms with Crippen molar-refractivity contribution in [3.63, 3.8) is 0 Å². The summed E-state index contributed by atoms with van der Waals surface area (Å²) in [4.78, 5) is 11.8. The number of carbonyl (C=O) groups excluding carboxylic acids is 1. The van der Waals surface area contributed by atoms with Crippen molar-refractivity contribution in [2.75, 3.05) is 0 Å². The van der Waals surface area contributed by atoms with Gasteiger partial charge in [-0.2, -0.15) is 0 Å². The van der Waals surface area contributed by atoms with Crippen molar-refractivity contribution in [1.82, 2.24) is 0 Å². The van der Waals surface area contributed by atoms with Crippen LogP contribution in [-0.2, 0) is 4.79 Å². The number of rotatable bonds is 1. The van der Waals surface area contributed by atoms with Crippen molar-refractivity contribution in [3.05, 3.63) is 11.1 Å². The lowest BCUT2D eigenvalue weighted by molar-refractivity contribution is -0.117. The van der Waals surface area contributed by atoms with Crippen LogP contribution in [0.1, 0.15) is 53.4 Å². The quantitative estimate of drug-likeness (QED) is 0.759. The highest BCUT2D eigenvalue weighted by atomic mass is 16.3. The van der Waals surface area contributed by atoms with Gasteiger partial charge >= 0.3 is 0 Å². The molecule has 0 aromatic carbocycles. The number of hydrogen-bond donors (Lipinski definition) is 1. The second-order valence-corrected chi connectivity index (χ2v) is 6.41. The highest BCUT2D eigenvalue weighted by Gasteiger charge is 2.45. The third-order valence-corrected chi connectivity index (χ3v) is 4.96. The van der Waals surface area contributed by atoms with Gasteiger partial charge in [-0.05, 0) is 54.6 Å². The third-order valence-electron chi connectivity index (χ3n) is 4.96. The van der Waals surface area contributed by atoms with Crippen LogP contribution in [0.2, 0.25) is 0 Å². The van der Waals surface area contributed by atoms with Crippen LogP contribution >= 0.6 is 0 Å². The van der Waals surface area contributed by atoms with Gasteiger partial charge in [0.05, 0.1) is 6.10 Å². The Kier molecular flexibility index (Phi) is 3.19. The van der Waals surface area contributed by atoms with Gasteiger partial charge in [0.25, 0.3) is 0 Å². The Morgan fingerprint density at radius 3 is 2.59 bits per heavy atom. The average Bonchev–Trinajstić information content (AvgIpc) is 2.24. The van der Waals surface area contributed by atoms with E-state index in [1.807, 2.05) is 6.92 Å². The number of hydrogen-bond acceptors (Lipinski definition) is 2. The van der Waals surface area contributed by atoms with Gasteiger partial charge in [-0.15, -0.1) is 0 Å². The minimum atomic E-state index is -0.405. The maximum Gasteiger partial charge on any atom is 0.158 e. The molecule has 0 radical (unpaired) electrons. The fourth-order valence-electron chi connectivity index (χ4n) is 3.71. The number of ketones is 1. The summed E-state index contributed by atoms with van der Waals surface area (Å²) in [5.41, 5.74) is 1.97. The first-order valence-corrected chi connectivity index (χ1v) is 6.79. The fourth-order valence-corrected chi connectivity index (χ4v) is 3.71. The molecule has 96 valence electrons. The molecule has 0 aromatic heterocycles. The Morgan fingerprint density at radius 2 is 2.00 bits per heavy atom. The van der Waals surface area contributed by atoms with Crippen molar-refractivity contribution in [1.29, 1.82) is 0 Å². The van der Waals surface area contributed by atoms with Crippen LogP contribution in [0.5, 0.6) is 0 Å². The first kappa shape index (κ1) is 12.8. The molecule has 2 nitrogen and oxygen atoms in total. The molecule has 0 spiro atoms. The number of aliphatic hydroxyl groups is 1. The first-order chi connectivity index (χ1) is 7.87. The number of fused-ring (bicyclic) bond motifs is 1. The Labute approximate surface area is 104 Å². The molecule has 17 heavy (non-hydrogen) atoms. The van der Waals surface area contributed by atoms with E-state index in [2.05, 4.69) is 20.8 Å².